The molecule has 0 aromatic heterocycles. The maximum Gasteiger partial charge on any atom is 0.341 e. The molecule has 0 spiro atoms. The van der Waals surface area contributed by atoms with Gasteiger partial charge in [-0.3, -0.25) is 0 Å². The quantitative estimate of drug-likeness (QED) is 0.655. The Bertz CT molecular complexity index is 893. The number of rotatable bonds is 3. The van der Waals surface area contributed by atoms with Crippen LogP contribution in [-0.2, 0) is 10.5 Å². The van der Waals surface area contributed by atoms with Crippen LogP contribution >= 0.6 is 15.9 Å². The molecule has 3 nitrogen and oxygen atoms in total. The minimum Gasteiger partial charge on any atom is -0.427 e. The van der Waals surface area contributed by atoms with Gasteiger partial charge in [0.2, 0.25) is 5.72 Å². The van der Waals surface area contributed by atoms with Gasteiger partial charge in [0.1, 0.15) is 0 Å². The van der Waals surface area contributed by atoms with Gasteiger partial charge in [-0.25, -0.2) is 4.79 Å². The highest BCUT2D eigenvalue weighted by Gasteiger charge is 2.47. The van der Waals surface area contributed by atoms with E-state index in [2.05, 4.69) is 21.2 Å². The number of cyclic esters (lactones) is 1. The van der Waals surface area contributed by atoms with E-state index >= 15 is 0 Å². The third-order valence-corrected chi connectivity index (χ3v) is 4.65. The maximum atomic E-state index is 12.4. The zero-order valence-electron chi connectivity index (χ0n) is 12.7. The number of benzene rings is 3. The highest BCUT2D eigenvalue weighted by atomic mass is 79.9. The molecule has 0 aliphatic carbocycles. The zero-order chi connectivity index (χ0) is 16.6. The number of anilines is 1. The SMILES string of the molecule is O=C1O[C@](Nc2ccc(Br)cc2)(c2ccccc2)c2ccccc21. The van der Waals surface area contributed by atoms with Crippen LogP contribution in [0, 0.1) is 0 Å². The number of hydrogen-bond acceptors (Lipinski definition) is 3. The second kappa shape index (κ2) is 5.80. The van der Waals surface area contributed by atoms with Crippen molar-refractivity contribution in [2.75, 3.05) is 5.32 Å². The molecule has 24 heavy (non-hydrogen) atoms. The van der Waals surface area contributed by atoms with Gasteiger partial charge in [0, 0.05) is 21.3 Å². The normalized spacial score (nSPS) is 18.8. The van der Waals surface area contributed by atoms with Gasteiger partial charge in [-0.05, 0) is 30.3 Å². The van der Waals surface area contributed by atoms with E-state index < -0.39 is 5.72 Å². The number of halogens is 1. The van der Waals surface area contributed by atoms with Crippen LogP contribution in [0.25, 0.3) is 0 Å². The van der Waals surface area contributed by atoms with Gasteiger partial charge >= 0.3 is 5.97 Å². The highest BCUT2D eigenvalue weighted by Crippen LogP contribution is 2.42. The molecule has 0 bridgehead atoms. The molecule has 4 heteroatoms. The lowest BCUT2D eigenvalue weighted by Gasteiger charge is -2.31. The minimum atomic E-state index is -1.03. The summed E-state index contributed by atoms with van der Waals surface area (Å²) in [4.78, 5) is 12.4. The molecule has 0 amide bonds. The number of nitrogens with one attached hydrogen (secondary N) is 1. The third-order valence-electron chi connectivity index (χ3n) is 4.12. The summed E-state index contributed by atoms with van der Waals surface area (Å²) in [5.74, 6) is -0.320. The van der Waals surface area contributed by atoms with Crippen LogP contribution in [0.15, 0.2) is 83.3 Å². The first kappa shape index (κ1) is 15.0. The third kappa shape index (κ3) is 2.39. The van der Waals surface area contributed by atoms with Crippen molar-refractivity contribution in [2.24, 2.45) is 0 Å². The zero-order valence-corrected chi connectivity index (χ0v) is 14.3. The Kier molecular flexibility index (Phi) is 3.62. The second-order valence-electron chi connectivity index (χ2n) is 5.61. The van der Waals surface area contributed by atoms with Crippen molar-refractivity contribution in [3.63, 3.8) is 0 Å². The molecule has 3 aromatic rings. The fraction of sp³-hybridized carbons (Fsp3) is 0.0500. The molecule has 0 unspecified atom stereocenters. The lowest BCUT2D eigenvalue weighted by atomic mass is 9.92. The average Bonchev–Trinajstić information content (AvgIpc) is 2.91. The van der Waals surface area contributed by atoms with Crippen LogP contribution in [0.1, 0.15) is 21.5 Å². The van der Waals surface area contributed by atoms with E-state index in [1.165, 1.54) is 0 Å². The first-order valence-electron chi connectivity index (χ1n) is 7.61. The number of carbonyl (C=O) groups excluding carboxylic acids is 1. The summed E-state index contributed by atoms with van der Waals surface area (Å²) in [6.07, 6.45) is 0. The fourth-order valence-corrected chi connectivity index (χ4v) is 3.27. The summed E-state index contributed by atoms with van der Waals surface area (Å²) in [5.41, 5.74) is 2.14. The fourth-order valence-electron chi connectivity index (χ4n) is 3.01. The van der Waals surface area contributed by atoms with E-state index in [9.17, 15) is 4.79 Å². The van der Waals surface area contributed by atoms with Crippen LogP contribution in [0.3, 0.4) is 0 Å². The molecule has 0 saturated heterocycles. The lowest BCUT2D eigenvalue weighted by Crippen LogP contribution is -2.36. The monoisotopic (exact) mass is 379 g/mol. The first-order valence-corrected chi connectivity index (χ1v) is 8.40. The smallest absolute Gasteiger partial charge is 0.341 e. The Morgan fingerprint density at radius 1 is 0.833 bits per heavy atom. The molecular formula is C20H14BrNO2. The molecule has 3 aromatic carbocycles. The Morgan fingerprint density at radius 2 is 1.50 bits per heavy atom. The average molecular weight is 380 g/mol. The van der Waals surface area contributed by atoms with Crippen LogP contribution in [0.2, 0.25) is 0 Å². The predicted molar refractivity (Wildman–Crippen MR) is 96.8 cm³/mol. The molecule has 1 aliphatic heterocycles. The summed E-state index contributed by atoms with van der Waals surface area (Å²) in [5, 5.41) is 3.42. The van der Waals surface area contributed by atoms with Gasteiger partial charge in [0.15, 0.2) is 0 Å². The van der Waals surface area contributed by atoms with Gasteiger partial charge in [0.25, 0.3) is 0 Å². The predicted octanol–water partition coefficient (Wildman–Crippen LogP) is 4.93. The summed E-state index contributed by atoms with van der Waals surface area (Å²) < 4.78 is 6.87. The van der Waals surface area contributed by atoms with Crippen LogP contribution < -0.4 is 5.32 Å². The van der Waals surface area contributed by atoms with E-state index in [1.807, 2.05) is 72.8 Å². The number of carbonyl (C=O) groups is 1. The summed E-state index contributed by atoms with van der Waals surface area (Å²) >= 11 is 3.44. The molecule has 1 atom stereocenters. The Labute approximate surface area is 148 Å². The molecule has 0 saturated carbocycles. The van der Waals surface area contributed by atoms with Gasteiger partial charge in [-0.15, -0.1) is 0 Å². The van der Waals surface area contributed by atoms with Crippen molar-refractivity contribution in [3.05, 3.63) is 100 Å². The van der Waals surface area contributed by atoms with Crippen LogP contribution in [-0.4, -0.2) is 5.97 Å². The molecule has 1 heterocycles. The second-order valence-corrected chi connectivity index (χ2v) is 6.53. The minimum absolute atomic E-state index is 0.320. The van der Waals surface area contributed by atoms with E-state index in [0.29, 0.717) is 5.56 Å². The molecule has 0 radical (unpaired) electrons. The van der Waals surface area contributed by atoms with Crippen molar-refractivity contribution in [3.8, 4) is 0 Å². The Hall–Kier alpha value is -2.59. The van der Waals surface area contributed by atoms with Gasteiger partial charge in [-0.2, -0.15) is 0 Å². The maximum absolute atomic E-state index is 12.4. The van der Waals surface area contributed by atoms with Gasteiger partial charge < -0.3 is 10.1 Å². The number of ether oxygens (including phenoxy) is 1. The molecule has 118 valence electrons. The molecular weight excluding hydrogens is 366 g/mol. The lowest BCUT2D eigenvalue weighted by molar-refractivity contribution is 0.0212. The van der Waals surface area contributed by atoms with E-state index in [-0.39, 0.29) is 5.97 Å². The molecule has 1 N–H and O–H groups in total. The summed E-state index contributed by atoms with van der Waals surface area (Å²) in [6, 6.07) is 25.0. The largest absolute Gasteiger partial charge is 0.427 e. The number of fused-ring (bicyclic) bond motifs is 1. The summed E-state index contributed by atoms with van der Waals surface area (Å²) in [7, 11) is 0. The molecule has 4 rings (SSSR count). The van der Waals surface area contributed by atoms with Crippen molar-refractivity contribution in [1.29, 1.82) is 0 Å². The van der Waals surface area contributed by atoms with Gasteiger partial charge in [-0.1, -0.05) is 64.5 Å². The topological polar surface area (TPSA) is 38.3 Å². The van der Waals surface area contributed by atoms with Crippen LogP contribution in [0.5, 0.6) is 0 Å². The number of esters is 1. The molecule has 1 aliphatic rings. The van der Waals surface area contributed by atoms with Crippen molar-refractivity contribution >= 4 is 27.6 Å². The first-order chi connectivity index (χ1) is 11.7. The van der Waals surface area contributed by atoms with Crippen molar-refractivity contribution in [2.45, 2.75) is 5.72 Å². The summed E-state index contributed by atoms with van der Waals surface area (Å²) in [6.45, 7) is 0. The van der Waals surface area contributed by atoms with Crippen molar-refractivity contribution in [1.82, 2.24) is 0 Å². The standard InChI is InChI=1S/C20H14BrNO2/c21-15-10-12-16(13-11-15)22-20(14-6-2-1-3-7-14)18-9-5-4-8-17(18)19(23)24-20/h1-13,22H/t20-/m1/s1. The van der Waals surface area contributed by atoms with Crippen molar-refractivity contribution < 1.29 is 9.53 Å². The Balaban J connectivity index is 1.89. The number of hydrogen-bond donors (Lipinski definition) is 1. The van der Waals surface area contributed by atoms with E-state index in [0.717, 1.165) is 21.3 Å². The molecule has 0 fully saturated rings. The van der Waals surface area contributed by atoms with Crippen LogP contribution in [0.4, 0.5) is 5.69 Å². The van der Waals surface area contributed by atoms with E-state index in [1.54, 1.807) is 6.07 Å². The van der Waals surface area contributed by atoms with E-state index in [4.69, 9.17) is 4.74 Å². The Morgan fingerprint density at radius 3 is 2.25 bits per heavy atom. The highest BCUT2D eigenvalue weighted by molar-refractivity contribution is 9.10. The van der Waals surface area contributed by atoms with Gasteiger partial charge in [0.05, 0.1) is 5.56 Å².